The van der Waals surface area contributed by atoms with Crippen LogP contribution >= 0.6 is 0 Å². The number of rotatable bonds is 2. The van der Waals surface area contributed by atoms with Crippen molar-refractivity contribution < 1.29 is 14.7 Å². The van der Waals surface area contributed by atoms with Crippen LogP contribution in [0.2, 0.25) is 0 Å². The molecule has 2 saturated heterocycles. The van der Waals surface area contributed by atoms with Crippen molar-refractivity contribution in [2.24, 2.45) is 5.92 Å². The van der Waals surface area contributed by atoms with Crippen LogP contribution < -0.4 is 0 Å². The molecule has 2 rings (SSSR count). The van der Waals surface area contributed by atoms with E-state index in [0.717, 1.165) is 19.3 Å². The molecule has 0 bridgehead atoms. The van der Waals surface area contributed by atoms with Crippen LogP contribution in [0, 0.1) is 5.92 Å². The second kappa shape index (κ2) is 5.04. The van der Waals surface area contributed by atoms with Crippen LogP contribution in [-0.4, -0.2) is 59.0 Å². The van der Waals surface area contributed by atoms with Gasteiger partial charge in [0.15, 0.2) is 0 Å². The molecule has 0 aromatic heterocycles. The number of carbonyl (C=O) groups excluding carboxylic acids is 2. The molecule has 17 heavy (non-hydrogen) atoms. The Hall–Kier alpha value is -1.10. The van der Waals surface area contributed by atoms with Gasteiger partial charge in [-0.05, 0) is 19.3 Å². The average Bonchev–Trinajstić information content (AvgIpc) is 2.74. The topological polar surface area (TPSA) is 60.9 Å². The van der Waals surface area contributed by atoms with E-state index in [1.807, 2.05) is 6.92 Å². The molecule has 5 nitrogen and oxygen atoms in total. The second-order valence-electron chi connectivity index (χ2n) is 4.96. The summed E-state index contributed by atoms with van der Waals surface area (Å²) in [6.45, 7) is 3.89. The van der Waals surface area contributed by atoms with Gasteiger partial charge in [-0.2, -0.15) is 0 Å². The molecule has 5 heteroatoms. The lowest BCUT2D eigenvalue weighted by molar-refractivity contribution is -0.156. The zero-order valence-corrected chi connectivity index (χ0v) is 10.3. The predicted octanol–water partition coefficient (Wildman–Crippen LogP) is -0.162. The Labute approximate surface area is 101 Å². The maximum atomic E-state index is 12.0. The number of likely N-dealkylation sites (tertiary alicyclic amines) is 2. The molecule has 2 fully saturated rings. The van der Waals surface area contributed by atoms with E-state index in [2.05, 4.69) is 0 Å². The monoisotopic (exact) mass is 240 g/mol. The van der Waals surface area contributed by atoms with Crippen molar-refractivity contribution in [3.05, 3.63) is 0 Å². The lowest BCUT2D eigenvalue weighted by Crippen LogP contribution is -2.56. The molecule has 2 heterocycles. The van der Waals surface area contributed by atoms with E-state index in [9.17, 15) is 9.59 Å². The SMILES string of the molecule is CCC1CCCN1C(=O)C(=O)N1CC(CO)C1. The predicted molar refractivity (Wildman–Crippen MR) is 62.2 cm³/mol. The number of nitrogens with zero attached hydrogens (tertiary/aromatic N) is 2. The van der Waals surface area contributed by atoms with Gasteiger partial charge in [0.05, 0.1) is 0 Å². The first-order chi connectivity index (χ1) is 8.17. The Morgan fingerprint density at radius 1 is 1.29 bits per heavy atom. The standard InChI is InChI=1S/C12H20N2O3/c1-2-10-4-3-5-14(10)12(17)11(16)13-6-9(7-13)8-15/h9-10,15H,2-8H2,1H3. The van der Waals surface area contributed by atoms with Gasteiger partial charge >= 0.3 is 11.8 Å². The van der Waals surface area contributed by atoms with Crippen LogP contribution in [-0.2, 0) is 9.59 Å². The first-order valence-corrected chi connectivity index (χ1v) is 6.38. The van der Waals surface area contributed by atoms with E-state index in [1.54, 1.807) is 4.90 Å². The highest BCUT2D eigenvalue weighted by Crippen LogP contribution is 2.22. The van der Waals surface area contributed by atoms with Crippen LogP contribution in [0.5, 0.6) is 0 Å². The number of hydrogen-bond donors (Lipinski definition) is 1. The number of amides is 2. The molecule has 96 valence electrons. The van der Waals surface area contributed by atoms with Gasteiger partial charge in [-0.15, -0.1) is 0 Å². The third-order valence-electron chi connectivity index (χ3n) is 3.79. The van der Waals surface area contributed by atoms with Crippen molar-refractivity contribution in [3.63, 3.8) is 0 Å². The van der Waals surface area contributed by atoms with Gasteiger partial charge in [-0.25, -0.2) is 0 Å². The maximum absolute atomic E-state index is 12.0. The van der Waals surface area contributed by atoms with E-state index in [4.69, 9.17) is 5.11 Å². The molecule has 0 radical (unpaired) electrons. The summed E-state index contributed by atoms with van der Waals surface area (Å²) in [6.07, 6.45) is 2.92. The fourth-order valence-electron chi connectivity index (χ4n) is 2.64. The minimum Gasteiger partial charge on any atom is -0.396 e. The first kappa shape index (κ1) is 12.4. The van der Waals surface area contributed by atoms with Crippen LogP contribution in [0.25, 0.3) is 0 Å². The molecule has 2 aliphatic rings. The zero-order valence-electron chi connectivity index (χ0n) is 10.3. The van der Waals surface area contributed by atoms with Gasteiger partial charge in [0.1, 0.15) is 0 Å². The third kappa shape index (κ3) is 2.29. The summed E-state index contributed by atoms with van der Waals surface area (Å²) in [5.41, 5.74) is 0. The smallest absolute Gasteiger partial charge is 0.312 e. The third-order valence-corrected chi connectivity index (χ3v) is 3.79. The van der Waals surface area contributed by atoms with Gasteiger partial charge in [-0.1, -0.05) is 6.92 Å². The highest BCUT2D eigenvalue weighted by Gasteiger charge is 2.38. The van der Waals surface area contributed by atoms with E-state index in [0.29, 0.717) is 19.6 Å². The molecular weight excluding hydrogens is 220 g/mol. The normalized spacial score (nSPS) is 24.9. The van der Waals surface area contributed by atoms with Crippen molar-refractivity contribution in [1.29, 1.82) is 0 Å². The van der Waals surface area contributed by atoms with Crippen molar-refractivity contribution in [2.45, 2.75) is 32.2 Å². The van der Waals surface area contributed by atoms with Gasteiger partial charge in [0.2, 0.25) is 0 Å². The first-order valence-electron chi connectivity index (χ1n) is 6.38. The van der Waals surface area contributed by atoms with Crippen LogP contribution in [0.3, 0.4) is 0 Å². The van der Waals surface area contributed by atoms with Gasteiger partial charge in [-0.3, -0.25) is 9.59 Å². The minimum atomic E-state index is -0.393. The lowest BCUT2D eigenvalue weighted by Gasteiger charge is -2.38. The molecule has 0 aromatic rings. The molecule has 2 amide bonds. The molecule has 2 aliphatic heterocycles. The Balaban J connectivity index is 1.89. The summed E-state index contributed by atoms with van der Waals surface area (Å²) < 4.78 is 0. The van der Waals surface area contributed by atoms with Crippen LogP contribution in [0.1, 0.15) is 26.2 Å². The average molecular weight is 240 g/mol. The lowest BCUT2D eigenvalue weighted by atomic mass is 10.0. The van der Waals surface area contributed by atoms with Crippen LogP contribution in [0.15, 0.2) is 0 Å². The summed E-state index contributed by atoms with van der Waals surface area (Å²) in [6, 6.07) is 0.237. The molecule has 0 aliphatic carbocycles. The molecular formula is C12H20N2O3. The quantitative estimate of drug-likeness (QED) is 0.682. The molecule has 1 unspecified atom stereocenters. The van der Waals surface area contributed by atoms with E-state index >= 15 is 0 Å². The number of aliphatic hydroxyl groups is 1. The Morgan fingerprint density at radius 2 is 2.00 bits per heavy atom. The molecule has 0 aromatic carbocycles. The van der Waals surface area contributed by atoms with Crippen molar-refractivity contribution in [1.82, 2.24) is 9.80 Å². The molecule has 1 atom stereocenters. The molecule has 0 spiro atoms. The highest BCUT2D eigenvalue weighted by atomic mass is 16.3. The Morgan fingerprint density at radius 3 is 2.59 bits per heavy atom. The minimum absolute atomic E-state index is 0.0965. The summed E-state index contributed by atoms with van der Waals surface area (Å²) in [7, 11) is 0. The molecule has 0 saturated carbocycles. The van der Waals surface area contributed by atoms with E-state index in [-0.39, 0.29) is 24.5 Å². The van der Waals surface area contributed by atoms with Crippen molar-refractivity contribution in [3.8, 4) is 0 Å². The largest absolute Gasteiger partial charge is 0.396 e. The fourth-order valence-corrected chi connectivity index (χ4v) is 2.64. The van der Waals surface area contributed by atoms with Gasteiger partial charge in [0.25, 0.3) is 0 Å². The summed E-state index contributed by atoms with van der Waals surface area (Å²) in [5.74, 6) is -0.590. The summed E-state index contributed by atoms with van der Waals surface area (Å²) in [5, 5.41) is 8.88. The van der Waals surface area contributed by atoms with Gasteiger partial charge in [0, 0.05) is 38.2 Å². The number of hydrogen-bond acceptors (Lipinski definition) is 3. The summed E-state index contributed by atoms with van der Waals surface area (Å²) >= 11 is 0. The highest BCUT2D eigenvalue weighted by molar-refractivity contribution is 6.35. The maximum Gasteiger partial charge on any atom is 0.312 e. The number of aliphatic hydroxyl groups excluding tert-OH is 1. The second-order valence-corrected chi connectivity index (χ2v) is 4.96. The zero-order chi connectivity index (χ0) is 12.4. The Bertz CT molecular complexity index is 313. The fraction of sp³-hybridized carbons (Fsp3) is 0.833. The Kier molecular flexibility index (Phi) is 3.66. The van der Waals surface area contributed by atoms with E-state index < -0.39 is 5.91 Å². The van der Waals surface area contributed by atoms with Crippen molar-refractivity contribution >= 4 is 11.8 Å². The number of carbonyl (C=O) groups is 2. The van der Waals surface area contributed by atoms with E-state index in [1.165, 1.54) is 4.90 Å². The molecule has 1 N–H and O–H groups in total. The van der Waals surface area contributed by atoms with Crippen molar-refractivity contribution in [2.75, 3.05) is 26.2 Å². The van der Waals surface area contributed by atoms with Gasteiger partial charge < -0.3 is 14.9 Å². The summed E-state index contributed by atoms with van der Waals surface area (Å²) in [4.78, 5) is 27.2. The van der Waals surface area contributed by atoms with Crippen LogP contribution in [0.4, 0.5) is 0 Å².